The summed E-state index contributed by atoms with van der Waals surface area (Å²) in [4.78, 5) is 38.4. The zero-order chi connectivity index (χ0) is 17.4. The molecule has 0 saturated heterocycles. The van der Waals surface area contributed by atoms with Crippen LogP contribution in [0.3, 0.4) is 0 Å². The molecule has 0 aliphatic carbocycles. The molecule has 124 valence electrons. The monoisotopic (exact) mass is 326 g/mol. The van der Waals surface area contributed by atoms with Crippen LogP contribution in [0.15, 0.2) is 42.6 Å². The normalized spacial score (nSPS) is 10.0. The molecule has 24 heavy (non-hydrogen) atoms. The summed E-state index contributed by atoms with van der Waals surface area (Å²) in [5, 5.41) is 2.61. The summed E-state index contributed by atoms with van der Waals surface area (Å²) >= 11 is 0. The van der Waals surface area contributed by atoms with Crippen LogP contribution >= 0.6 is 0 Å². The molecule has 0 bridgehead atoms. The molecule has 2 rings (SSSR count). The molecule has 1 aromatic heterocycles. The fourth-order valence-electron chi connectivity index (χ4n) is 2.15. The van der Waals surface area contributed by atoms with Gasteiger partial charge in [-0.05, 0) is 18.6 Å². The second-order valence-electron chi connectivity index (χ2n) is 4.95. The van der Waals surface area contributed by atoms with E-state index in [1.807, 2.05) is 12.1 Å². The third-order valence-electron chi connectivity index (χ3n) is 3.31. The van der Waals surface area contributed by atoms with Crippen molar-refractivity contribution in [3.63, 3.8) is 0 Å². The van der Waals surface area contributed by atoms with Crippen LogP contribution in [0.5, 0.6) is 0 Å². The summed E-state index contributed by atoms with van der Waals surface area (Å²) in [5.41, 5.74) is 2.31. The summed E-state index contributed by atoms with van der Waals surface area (Å²) in [6.45, 7) is 2.23. The van der Waals surface area contributed by atoms with Crippen LogP contribution in [-0.4, -0.2) is 36.3 Å². The van der Waals surface area contributed by atoms with Gasteiger partial charge >= 0.3 is 5.97 Å². The topological polar surface area (TPSA) is 85.4 Å². The zero-order valence-electron chi connectivity index (χ0n) is 13.3. The van der Waals surface area contributed by atoms with Crippen LogP contribution in [0.1, 0.15) is 34.2 Å². The Morgan fingerprint density at radius 3 is 2.67 bits per heavy atom. The summed E-state index contributed by atoms with van der Waals surface area (Å²) in [5.74, 6) is -0.721. The van der Waals surface area contributed by atoms with Crippen LogP contribution in [0.25, 0.3) is 11.1 Å². The fourth-order valence-corrected chi connectivity index (χ4v) is 2.15. The van der Waals surface area contributed by atoms with Crippen molar-refractivity contribution in [2.75, 3.05) is 13.2 Å². The number of carbonyl (C=O) groups excluding carboxylic acids is 3. The van der Waals surface area contributed by atoms with Gasteiger partial charge in [0.05, 0.1) is 13.0 Å². The maximum absolute atomic E-state index is 12.0. The van der Waals surface area contributed by atoms with Crippen LogP contribution in [0.2, 0.25) is 0 Å². The zero-order valence-corrected chi connectivity index (χ0v) is 13.3. The molecule has 0 fully saturated rings. The Hall–Kier alpha value is -3.02. The first-order chi connectivity index (χ1) is 11.7. The third-order valence-corrected chi connectivity index (χ3v) is 3.31. The van der Waals surface area contributed by atoms with E-state index in [0.29, 0.717) is 12.2 Å². The van der Waals surface area contributed by atoms with Gasteiger partial charge in [-0.15, -0.1) is 0 Å². The molecular formula is C18H18N2O4. The predicted octanol–water partition coefficient (Wildman–Crippen LogP) is 2.24. The van der Waals surface area contributed by atoms with Crippen LogP contribution < -0.4 is 5.32 Å². The minimum Gasteiger partial charge on any atom is -0.466 e. The van der Waals surface area contributed by atoms with Gasteiger partial charge in [0.25, 0.3) is 5.91 Å². The molecule has 0 unspecified atom stereocenters. The van der Waals surface area contributed by atoms with E-state index in [0.717, 1.165) is 17.4 Å². The van der Waals surface area contributed by atoms with E-state index in [-0.39, 0.29) is 30.5 Å². The highest BCUT2D eigenvalue weighted by Crippen LogP contribution is 2.21. The van der Waals surface area contributed by atoms with Gasteiger partial charge in [0, 0.05) is 23.9 Å². The molecule has 0 radical (unpaired) electrons. The minimum atomic E-state index is -0.366. The highest BCUT2D eigenvalue weighted by Gasteiger charge is 2.10. The Morgan fingerprint density at radius 1 is 1.21 bits per heavy atom. The van der Waals surface area contributed by atoms with Gasteiger partial charge < -0.3 is 10.1 Å². The van der Waals surface area contributed by atoms with Crippen molar-refractivity contribution in [1.82, 2.24) is 10.3 Å². The van der Waals surface area contributed by atoms with Gasteiger partial charge in [-0.3, -0.25) is 19.4 Å². The van der Waals surface area contributed by atoms with Crippen molar-refractivity contribution < 1.29 is 19.1 Å². The molecule has 6 heteroatoms. The molecule has 1 N–H and O–H groups in total. The van der Waals surface area contributed by atoms with Gasteiger partial charge in [0.15, 0.2) is 6.29 Å². The van der Waals surface area contributed by atoms with Gasteiger partial charge in [0.2, 0.25) is 0 Å². The first-order valence-corrected chi connectivity index (χ1v) is 7.60. The molecule has 0 atom stereocenters. The number of ether oxygens (including phenoxy) is 1. The van der Waals surface area contributed by atoms with E-state index in [1.54, 1.807) is 37.4 Å². The molecule has 1 amide bonds. The number of pyridine rings is 1. The Bertz CT molecular complexity index is 726. The molecule has 0 spiro atoms. The van der Waals surface area contributed by atoms with E-state index >= 15 is 0 Å². The van der Waals surface area contributed by atoms with Gasteiger partial charge in [0.1, 0.15) is 5.69 Å². The lowest BCUT2D eigenvalue weighted by Gasteiger charge is -2.07. The number of aldehydes is 1. The number of nitrogens with one attached hydrogen (secondary N) is 1. The highest BCUT2D eigenvalue weighted by molar-refractivity contribution is 5.93. The number of hydrogen-bond acceptors (Lipinski definition) is 5. The molecule has 6 nitrogen and oxygen atoms in total. The molecular weight excluding hydrogens is 308 g/mol. The van der Waals surface area contributed by atoms with Gasteiger partial charge in [-0.25, -0.2) is 0 Å². The number of nitrogens with zero attached hydrogens (tertiary/aromatic N) is 1. The predicted molar refractivity (Wildman–Crippen MR) is 88.6 cm³/mol. The number of rotatable bonds is 7. The van der Waals surface area contributed by atoms with Crippen molar-refractivity contribution in [2.45, 2.75) is 13.3 Å². The SMILES string of the molecule is CCOC(=O)CCNC(=O)c1ccc(-c2ccccc2C=O)cn1. The summed E-state index contributed by atoms with van der Waals surface area (Å²) in [6.07, 6.45) is 2.44. The van der Waals surface area contributed by atoms with Crippen molar-refractivity contribution in [2.24, 2.45) is 0 Å². The fraction of sp³-hybridized carbons (Fsp3) is 0.222. The lowest BCUT2D eigenvalue weighted by molar-refractivity contribution is -0.142. The van der Waals surface area contributed by atoms with Crippen LogP contribution in [0, 0.1) is 0 Å². The number of esters is 1. The first kappa shape index (κ1) is 17.3. The minimum absolute atomic E-state index is 0.115. The van der Waals surface area contributed by atoms with Crippen LogP contribution in [0.4, 0.5) is 0 Å². The summed E-state index contributed by atoms with van der Waals surface area (Å²) < 4.78 is 4.78. The third kappa shape index (κ3) is 4.49. The molecule has 0 saturated carbocycles. The second-order valence-corrected chi connectivity index (χ2v) is 4.95. The maximum Gasteiger partial charge on any atom is 0.307 e. The lowest BCUT2D eigenvalue weighted by atomic mass is 10.0. The molecule has 2 aromatic rings. The van der Waals surface area contributed by atoms with Gasteiger partial charge in [-0.1, -0.05) is 30.3 Å². The summed E-state index contributed by atoms with van der Waals surface area (Å²) in [6, 6.07) is 10.5. The smallest absolute Gasteiger partial charge is 0.307 e. The average molecular weight is 326 g/mol. The molecule has 1 aromatic carbocycles. The number of benzene rings is 1. The highest BCUT2D eigenvalue weighted by atomic mass is 16.5. The second kappa shape index (κ2) is 8.57. The molecule has 0 aliphatic rings. The van der Waals surface area contributed by atoms with E-state index < -0.39 is 0 Å². The van der Waals surface area contributed by atoms with E-state index in [9.17, 15) is 14.4 Å². The quantitative estimate of drug-likeness (QED) is 0.623. The van der Waals surface area contributed by atoms with Crippen LogP contribution in [-0.2, 0) is 9.53 Å². The van der Waals surface area contributed by atoms with E-state index in [4.69, 9.17) is 4.74 Å². The number of carbonyl (C=O) groups is 3. The van der Waals surface area contributed by atoms with E-state index in [2.05, 4.69) is 10.3 Å². The maximum atomic E-state index is 12.0. The Morgan fingerprint density at radius 2 is 2.00 bits per heavy atom. The molecule has 0 aliphatic heterocycles. The van der Waals surface area contributed by atoms with Gasteiger partial charge in [-0.2, -0.15) is 0 Å². The van der Waals surface area contributed by atoms with Crippen molar-refractivity contribution in [3.8, 4) is 11.1 Å². The van der Waals surface area contributed by atoms with Crippen molar-refractivity contribution in [3.05, 3.63) is 53.9 Å². The van der Waals surface area contributed by atoms with Crippen molar-refractivity contribution in [1.29, 1.82) is 0 Å². The van der Waals surface area contributed by atoms with Crippen molar-refractivity contribution >= 4 is 18.2 Å². The Labute approximate surface area is 139 Å². The number of amides is 1. The molecule has 1 heterocycles. The first-order valence-electron chi connectivity index (χ1n) is 7.60. The standard InChI is InChI=1S/C18H18N2O4/c1-2-24-17(22)9-10-19-18(23)16-8-7-13(11-20-16)15-6-4-3-5-14(15)12-21/h3-8,11-12H,2,9-10H2,1H3,(H,19,23). The number of aromatic nitrogens is 1. The largest absolute Gasteiger partial charge is 0.466 e. The average Bonchev–Trinajstić information content (AvgIpc) is 2.62. The number of hydrogen-bond donors (Lipinski definition) is 1. The van der Waals surface area contributed by atoms with E-state index in [1.165, 1.54) is 0 Å². The summed E-state index contributed by atoms with van der Waals surface area (Å²) in [7, 11) is 0. The lowest BCUT2D eigenvalue weighted by Crippen LogP contribution is -2.27. The Kier molecular flexibility index (Phi) is 6.19. The Balaban J connectivity index is 2.00.